The molecule has 1 heterocycles. The fourth-order valence-corrected chi connectivity index (χ4v) is 3.63. The summed E-state index contributed by atoms with van der Waals surface area (Å²) in [6.45, 7) is 5.18. The molecule has 0 radical (unpaired) electrons. The molecule has 1 saturated heterocycles. The molecule has 0 spiro atoms. The largest absolute Gasteiger partial charge is 0.363 e. The van der Waals surface area contributed by atoms with Gasteiger partial charge < -0.3 is 10.2 Å². The van der Waals surface area contributed by atoms with E-state index in [0.29, 0.717) is 18.8 Å². The molecule has 2 rings (SSSR count). The summed E-state index contributed by atoms with van der Waals surface area (Å²) in [5.41, 5.74) is 0.0319. The average Bonchev–Trinajstić information content (AvgIpc) is 2.35. The molecular weight excluding hydrogens is 294 g/mol. The third-order valence-corrected chi connectivity index (χ3v) is 4.59. The molecule has 116 valence electrons. The van der Waals surface area contributed by atoms with Gasteiger partial charge in [0.05, 0.1) is 4.92 Å². The SMILES string of the molecule is CC1CN(c2cccc(S(C)(=O)=O)c2[N+](=O)[O-])CC(C)N1. The van der Waals surface area contributed by atoms with Crippen LogP contribution in [-0.2, 0) is 9.84 Å². The third-order valence-electron chi connectivity index (χ3n) is 3.46. The van der Waals surface area contributed by atoms with Crippen LogP contribution in [0.2, 0.25) is 0 Å². The van der Waals surface area contributed by atoms with E-state index in [0.717, 1.165) is 6.26 Å². The first-order valence-corrected chi connectivity index (χ1v) is 8.57. The minimum absolute atomic E-state index is 0.176. The summed E-state index contributed by atoms with van der Waals surface area (Å²) in [6.07, 6.45) is 0.988. The Kier molecular flexibility index (Phi) is 4.20. The lowest BCUT2D eigenvalue weighted by Gasteiger charge is -2.37. The molecule has 1 N–H and O–H groups in total. The van der Waals surface area contributed by atoms with Crippen molar-refractivity contribution in [2.45, 2.75) is 30.8 Å². The van der Waals surface area contributed by atoms with Crippen molar-refractivity contribution in [1.29, 1.82) is 0 Å². The van der Waals surface area contributed by atoms with Gasteiger partial charge in [-0.1, -0.05) is 6.07 Å². The molecule has 1 fully saturated rings. The zero-order chi connectivity index (χ0) is 15.8. The Morgan fingerprint density at radius 1 is 1.29 bits per heavy atom. The smallest absolute Gasteiger partial charge is 0.311 e. The van der Waals surface area contributed by atoms with Crippen LogP contribution in [0, 0.1) is 10.1 Å². The number of hydrogen-bond acceptors (Lipinski definition) is 6. The molecule has 0 amide bonds. The Morgan fingerprint density at radius 2 is 1.86 bits per heavy atom. The zero-order valence-corrected chi connectivity index (χ0v) is 13.1. The van der Waals surface area contributed by atoms with Crippen molar-refractivity contribution in [2.75, 3.05) is 24.2 Å². The molecule has 1 aliphatic rings. The number of rotatable bonds is 3. The van der Waals surface area contributed by atoms with Crippen LogP contribution in [-0.4, -0.2) is 44.8 Å². The highest BCUT2D eigenvalue weighted by Gasteiger charge is 2.31. The maximum absolute atomic E-state index is 11.8. The standard InChI is InChI=1S/C13H19N3O4S/c1-9-7-15(8-10(2)14-9)11-5-4-6-12(21(3,19)20)13(11)16(17)18/h4-6,9-10,14H,7-8H2,1-3H3. The fraction of sp³-hybridized carbons (Fsp3) is 0.538. The minimum Gasteiger partial charge on any atom is -0.363 e. The van der Waals surface area contributed by atoms with Crippen LogP contribution in [0.25, 0.3) is 0 Å². The van der Waals surface area contributed by atoms with Crippen molar-refractivity contribution in [3.8, 4) is 0 Å². The van der Waals surface area contributed by atoms with Gasteiger partial charge in [0.25, 0.3) is 0 Å². The lowest BCUT2D eigenvalue weighted by atomic mass is 10.1. The number of hydrogen-bond donors (Lipinski definition) is 1. The first-order chi connectivity index (χ1) is 9.70. The average molecular weight is 313 g/mol. The van der Waals surface area contributed by atoms with Crippen molar-refractivity contribution < 1.29 is 13.3 Å². The van der Waals surface area contributed by atoms with E-state index in [-0.39, 0.29) is 22.7 Å². The van der Waals surface area contributed by atoms with E-state index >= 15 is 0 Å². The molecule has 0 aliphatic carbocycles. The van der Waals surface area contributed by atoms with Gasteiger partial charge in [-0.05, 0) is 26.0 Å². The number of para-hydroxylation sites is 1. The van der Waals surface area contributed by atoms with E-state index in [4.69, 9.17) is 0 Å². The number of sulfone groups is 1. The second-order valence-corrected chi connectivity index (χ2v) is 7.51. The number of nitro benzene ring substituents is 1. The highest BCUT2D eigenvalue weighted by atomic mass is 32.2. The van der Waals surface area contributed by atoms with Gasteiger partial charge in [0, 0.05) is 31.4 Å². The van der Waals surface area contributed by atoms with E-state index in [1.165, 1.54) is 6.07 Å². The molecule has 2 atom stereocenters. The van der Waals surface area contributed by atoms with Crippen molar-refractivity contribution >= 4 is 21.2 Å². The van der Waals surface area contributed by atoms with Crippen LogP contribution in [0.4, 0.5) is 11.4 Å². The van der Waals surface area contributed by atoms with Crippen LogP contribution in [0.3, 0.4) is 0 Å². The summed E-state index contributed by atoms with van der Waals surface area (Å²) in [5, 5.41) is 14.7. The summed E-state index contributed by atoms with van der Waals surface area (Å²) >= 11 is 0. The lowest BCUT2D eigenvalue weighted by molar-refractivity contribution is -0.387. The number of nitrogens with one attached hydrogen (secondary N) is 1. The predicted octanol–water partition coefficient (Wildman–Crippen LogP) is 1.18. The van der Waals surface area contributed by atoms with Gasteiger partial charge in [-0.3, -0.25) is 10.1 Å². The van der Waals surface area contributed by atoms with Crippen LogP contribution >= 0.6 is 0 Å². The summed E-state index contributed by atoms with van der Waals surface area (Å²) in [5.74, 6) is 0. The highest BCUT2D eigenvalue weighted by Crippen LogP contribution is 2.35. The molecule has 0 bridgehead atoms. The lowest BCUT2D eigenvalue weighted by Crippen LogP contribution is -2.54. The second-order valence-electron chi connectivity index (χ2n) is 5.53. The molecule has 21 heavy (non-hydrogen) atoms. The second kappa shape index (κ2) is 5.61. The monoisotopic (exact) mass is 313 g/mol. The van der Waals surface area contributed by atoms with Crippen molar-refractivity contribution in [1.82, 2.24) is 5.32 Å². The Hall–Kier alpha value is -1.67. The molecule has 7 nitrogen and oxygen atoms in total. The Labute approximate surface area is 124 Å². The van der Waals surface area contributed by atoms with Gasteiger partial charge in [0.2, 0.25) is 0 Å². The van der Waals surface area contributed by atoms with Gasteiger partial charge >= 0.3 is 5.69 Å². The normalized spacial score (nSPS) is 23.1. The summed E-state index contributed by atoms with van der Waals surface area (Å²) in [7, 11) is -3.65. The first-order valence-electron chi connectivity index (χ1n) is 6.68. The fourth-order valence-electron chi connectivity index (χ4n) is 2.77. The first kappa shape index (κ1) is 15.7. The molecule has 0 saturated carbocycles. The summed E-state index contributed by atoms with van der Waals surface area (Å²) in [4.78, 5) is 12.4. The molecule has 1 aromatic rings. The topological polar surface area (TPSA) is 92.5 Å². The Morgan fingerprint density at radius 3 is 2.33 bits per heavy atom. The number of nitrogens with zero attached hydrogens (tertiary/aromatic N) is 2. The van der Waals surface area contributed by atoms with Crippen molar-refractivity contribution in [3.05, 3.63) is 28.3 Å². The van der Waals surface area contributed by atoms with Crippen molar-refractivity contribution in [3.63, 3.8) is 0 Å². The zero-order valence-electron chi connectivity index (χ0n) is 12.2. The molecule has 2 unspecified atom stereocenters. The van der Waals surface area contributed by atoms with Crippen LogP contribution in [0.5, 0.6) is 0 Å². The van der Waals surface area contributed by atoms with E-state index in [9.17, 15) is 18.5 Å². The van der Waals surface area contributed by atoms with Gasteiger partial charge in [0.1, 0.15) is 10.6 Å². The molecule has 0 aromatic heterocycles. The van der Waals surface area contributed by atoms with E-state index in [1.54, 1.807) is 12.1 Å². The van der Waals surface area contributed by atoms with Gasteiger partial charge in [-0.2, -0.15) is 0 Å². The van der Waals surface area contributed by atoms with E-state index < -0.39 is 14.8 Å². The molecule has 1 aromatic carbocycles. The van der Waals surface area contributed by atoms with Crippen molar-refractivity contribution in [2.24, 2.45) is 0 Å². The summed E-state index contributed by atoms with van der Waals surface area (Å²) < 4.78 is 23.6. The third kappa shape index (κ3) is 3.33. The molecule has 1 aliphatic heterocycles. The minimum atomic E-state index is -3.65. The Balaban J connectivity index is 2.56. The van der Waals surface area contributed by atoms with Gasteiger partial charge in [-0.15, -0.1) is 0 Å². The Bertz CT molecular complexity index is 649. The summed E-state index contributed by atoms with van der Waals surface area (Å²) in [6, 6.07) is 4.80. The maximum atomic E-state index is 11.8. The number of piperazine rings is 1. The number of nitro groups is 1. The van der Waals surface area contributed by atoms with E-state index in [1.807, 2.05) is 18.7 Å². The maximum Gasteiger partial charge on any atom is 0.311 e. The number of benzene rings is 1. The van der Waals surface area contributed by atoms with Gasteiger partial charge in [-0.25, -0.2) is 8.42 Å². The molecular formula is C13H19N3O4S. The highest BCUT2D eigenvalue weighted by molar-refractivity contribution is 7.90. The predicted molar refractivity (Wildman–Crippen MR) is 80.5 cm³/mol. The quantitative estimate of drug-likeness (QED) is 0.665. The molecule has 8 heteroatoms. The van der Waals surface area contributed by atoms with Crippen LogP contribution in [0.15, 0.2) is 23.1 Å². The van der Waals surface area contributed by atoms with Gasteiger partial charge in [0.15, 0.2) is 9.84 Å². The number of anilines is 1. The van der Waals surface area contributed by atoms with Crippen LogP contribution < -0.4 is 10.2 Å². The van der Waals surface area contributed by atoms with Crippen LogP contribution in [0.1, 0.15) is 13.8 Å². The van der Waals surface area contributed by atoms with E-state index in [2.05, 4.69) is 5.32 Å².